The van der Waals surface area contributed by atoms with E-state index in [0.717, 1.165) is 10.5 Å². The zero-order chi connectivity index (χ0) is 33.0. The van der Waals surface area contributed by atoms with Crippen molar-refractivity contribution in [2.45, 2.75) is 90.6 Å². The highest BCUT2D eigenvalue weighted by Crippen LogP contribution is 2.28. The van der Waals surface area contributed by atoms with Gasteiger partial charge in [-0.2, -0.15) is 0 Å². The highest BCUT2D eigenvalue weighted by atomic mass is 16.7. The number of hydrogen-bond acceptors (Lipinski definition) is 8. The molecule has 0 aromatic rings. The average Bonchev–Trinajstić information content (AvgIpc) is 3.16. The van der Waals surface area contributed by atoms with Crippen molar-refractivity contribution in [3.8, 4) is 0 Å². The lowest BCUT2D eigenvalue weighted by molar-refractivity contribution is -0.267. The van der Waals surface area contributed by atoms with Crippen molar-refractivity contribution >= 4 is 17.7 Å². The topological polar surface area (TPSA) is 154 Å². The molecule has 0 bridgehead atoms. The molecule has 3 unspecified atom stereocenters. The van der Waals surface area contributed by atoms with E-state index < -0.39 is 54.1 Å². The van der Waals surface area contributed by atoms with Gasteiger partial charge in [0, 0.05) is 25.8 Å². The van der Waals surface area contributed by atoms with Crippen molar-refractivity contribution in [2.24, 2.45) is 11.8 Å². The molecule has 0 radical (unpaired) electrons. The Bertz CT molecular complexity index is 1210. The minimum Gasteiger partial charge on any atom is -0.507 e. The first-order valence-corrected chi connectivity index (χ1v) is 14.9. The highest BCUT2D eigenvalue weighted by molar-refractivity contribution is 6.27. The largest absolute Gasteiger partial charge is 0.507 e. The number of likely N-dealkylation sites (N-methyl/N-ethyl adjacent to an activating group) is 1. The fraction of sp³-hybridized carbons (Fsp3) is 0.500. The van der Waals surface area contributed by atoms with E-state index in [0.29, 0.717) is 0 Å². The molecule has 2 saturated heterocycles. The van der Waals surface area contributed by atoms with Crippen molar-refractivity contribution in [1.82, 2.24) is 4.90 Å². The van der Waals surface area contributed by atoms with Crippen molar-refractivity contribution in [3.05, 3.63) is 83.7 Å². The predicted molar refractivity (Wildman–Crippen MR) is 167 cm³/mol. The molecule has 10 nitrogen and oxygen atoms in total. The number of ether oxygens (including phenoxy) is 2. The number of aliphatic hydroxyl groups excluding tert-OH is 3. The number of aliphatic carboxylic acids is 1. The van der Waals surface area contributed by atoms with Gasteiger partial charge in [0.15, 0.2) is 12.1 Å². The average molecular weight is 614 g/mol. The molecular formula is C34H47NO9. The van der Waals surface area contributed by atoms with Gasteiger partial charge in [0.25, 0.3) is 5.91 Å². The maximum absolute atomic E-state index is 12.5. The van der Waals surface area contributed by atoms with Crippen LogP contribution in [0.2, 0.25) is 0 Å². The van der Waals surface area contributed by atoms with E-state index >= 15 is 0 Å². The molecule has 2 rings (SSSR count). The van der Waals surface area contributed by atoms with Gasteiger partial charge in [-0.15, -0.1) is 0 Å². The number of carboxylic acid groups (broad SMARTS) is 1. The Balaban J connectivity index is 1.87. The second kappa shape index (κ2) is 17.7. The van der Waals surface area contributed by atoms with Gasteiger partial charge in [0.2, 0.25) is 0 Å². The predicted octanol–water partition coefficient (Wildman–Crippen LogP) is 4.33. The first-order chi connectivity index (χ1) is 20.7. The van der Waals surface area contributed by atoms with Gasteiger partial charge in [0.1, 0.15) is 17.4 Å². The maximum atomic E-state index is 12.5. The second-order valence-electron chi connectivity index (χ2n) is 11.5. The van der Waals surface area contributed by atoms with Crippen LogP contribution in [0, 0.1) is 11.8 Å². The lowest BCUT2D eigenvalue weighted by Crippen LogP contribution is -2.49. The fourth-order valence-electron chi connectivity index (χ4n) is 5.15. The van der Waals surface area contributed by atoms with Crippen LogP contribution in [0.1, 0.15) is 53.9 Å². The molecule has 4 N–H and O–H groups in total. The lowest BCUT2D eigenvalue weighted by Gasteiger charge is -2.38. The Hall–Kier alpha value is -3.57. The number of carbonyl (C=O) groups is 3. The molecular weight excluding hydrogens is 566 g/mol. The number of hydrogen-bond donors (Lipinski definition) is 4. The van der Waals surface area contributed by atoms with Crippen molar-refractivity contribution in [3.63, 3.8) is 0 Å². The van der Waals surface area contributed by atoms with E-state index in [9.17, 15) is 29.7 Å². The van der Waals surface area contributed by atoms with E-state index in [2.05, 4.69) is 26.8 Å². The van der Waals surface area contributed by atoms with Crippen LogP contribution in [0.15, 0.2) is 83.7 Å². The third kappa shape index (κ3) is 10.9. The monoisotopic (exact) mass is 613 g/mol. The second-order valence-corrected chi connectivity index (χ2v) is 11.5. The smallest absolute Gasteiger partial charge is 0.303 e. The Morgan fingerprint density at radius 3 is 2.11 bits per heavy atom. The van der Waals surface area contributed by atoms with Gasteiger partial charge in [0.05, 0.1) is 24.4 Å². The van der Waals surface area contributed by atoms with Crippen LogP contribution < -0.4 is 0 Å². The summed E-state index contributed by atoms with van der Waals surface area (Å²) in [6.07, 6.45) is 16.4. The number of likely N-dealkylation sites (tertiary alicyclic amines) is 1. The Morgan fingerprint density at radius 1 is 1.00 bits per heavy atom. The van der Waals surface area contributed by atoms with Crippen molar-refractivity contribution in [1.29, 1.82) is 0 Å². The van der Waals surface area contributed by atoms with Crippen LogP contribution in [-0.4, -0.2) is 86.8 Å². The number of rotatable bonds is 14. The summed E-state index contributed by atoms with van der Waals surface area (Å²) in [6, 6.07) is -0.894. The van der Waals surface area contributed by atoms with Gasteiger partial charge in [-0.3, -0.25) is 14.4 Å². The standard InChI is InChI=1S/C34H47NO9/c1-21(2)33(44-29-20-27(37)31(40)24(5)43-29)23(4)19-22(3)15-13-11-9-7-8-10-12-14-16-26(36)30-32(41)25(17-18-28(38)39)35(6)34(30)42/h7-16,19,21,23-25,27,29,31,33,36-37,40H,17-18,20H2,1-6H3,(H,38,39)/b8-7+,11-9+,12-10+,15-13+,16-14+,22-19+,30-26-/t23?,24-,25?,27+,29-,31-,33?/m1/s1. The summed E-state index contributed by atoms with van der Waals surface area (Å²) < 4.78 is 12.0. The SMILES string of the molecule is CC(/C=C/C=C/C=C/C=C/C=C/C(O)=C1\C(=O)C(CCC(=O)O)N(C)C1=O)=C\C(C)C(O[C@@H]1C[C@H](O)[C@H](O)[C@@H](C)O1)C(C)C. The molecule has 0 aliphatic carbocycles. The third-order valence-corrected chi connectivity index (χ3v) is 7.52. The number of Topliss-reactive ketones (excluding diaryl/α,β-unsaturated/α-hetero) is 1. The first kappa shape index (κ1) is 36.6. The molecule has 1 amide bonds. The van der Waals surface area contributed by atoms with E-state index in [1.807, 2.05) is 37.3 Å². The van der Waals surface area contributed by atoms with Crippen LogP contribution in [0.5, 0.6) is 0 Å². The highest BCUT2D eigenvalue weighted by Gasteiger charge is 2.42. The van der Waals surface area contributed by atoms with Gasteiger partial charge in [-0.05, 0) is 32.3 Å². The summed E-state index contributed by atoms with van der Waals surface area (Å²) in [7, 11) is 1.41. The van der Waals surface area contributed by atoms with Gasteiger partial charge in [-0.25, -0.2) is 0 Å². The van der Waals surface area contributed by atoms with Gasteiger partial charge >= 0.3 is 5.97 Å². The van der Waals surface area contributed by atoms with Crippen LogP contribution in [0.3, 0.4) is 0 Å². The molecule has 0 saturated carbocycles. The summed E-state index contributed by atoms with van der Waals surface area (Å²) >= 11 is 0. The van der Waals surface area contributed by atoms with Crippen molar-refractivity contribution in [2.75, 3.05) is 7.05 Å². The summed E-state index contributed by atoms with van der Waals surface area (Å²) in [4.78, 5) is 36.9. The van der Waals surface area contributed by atoms with Gasteiger partial charge < -0.3 is 34.8 Å². The molecule has 242 valence electrons. The summed E-state index contributed by atoms with van der Waals surface area (Å²) in [5.41, 5.74) is 0.726. The molecule has 44 heavy (non-hydrogen) atoms. The van der Waals surface area contributed by atoms with E-state index in [-0.39, 0.29) is 42.8 Å². The Labute approximate surface area is 260 Å². The van der Waals surface area contributed by atoms with Gasteiger partial charge in [-0.1, -0.05) is 87.1 Å². The van der Waals surface area contributed by atoms with E-state index in [1.165, 1.54) is 19.2 Å². The molecule has 0 spiro atoms. The fourth-order valence-corrected chi connectivity index (χ4v) is 5.15. The first-order valence-electron chi connectivity index (χ1n) is 14.9. The summed E-state index contributed by atoms with van der Waals surface area (Å²) in [6.45, 7) is 9.97. The van der Waals surface area contributed by atoms with Crippen LogP contribution in [0.25, 0.3) is 0 Å². The number of aliphatic hydroxyl groups is 3. The summed E-state index contributed by atoms with van der Waals surface area (Å²) in [5, 5.41) is 39.1. The van der Waals surface area contributed by atoms with Crippen LogP contribution in [-0.2, 0) is 23.9 Å². The van der Waals surface area contributed by atoms with Crippen molar-refractivity contribution < 1.29 is 44.3 Å². The van der Waals surface area contributed by atoms with Crippen LogP contribution in [0.4, 0.5) is 0 Å². The number of ketones is 1. The molecule has 2 heterocycles. The van der Waals surface area contributed by atoms with E-state index in [1.54, 1.807) is 25.2 Å². The molecule has 2 aliphatic rings. The van der Waals surface area contributed by atoms with Crippen LogP contribution >= 0.6 is 0 Å². The zero-order valence-corrected chi connectivity index (χ0v) is 26.4. The molecule has 2 aliphatic heterocycles. The number of amides is 1. The molecule has 10 heteroatoms. The normalized spacial score (nSPS) is 28.2. The number of allylic oxidation sites excluding steroid dienone is 11. The Kier molecular flexibility index (Phi) is 14.7. The minimum atomic E-state index is -1.06. The Morgan fingerprint density at radius 2 is 1.57 bits per heavy atom. The summed E-state index contributed by atoms with van der Waals surface area (Å²) in [5.74, 6) is -2.43. The molecule has 7 atom stereocenters. The lowest BCUT2D eigenvalue weighted by atomic mass is 9.92. The number of carbonyl (C=O) groups excluding carboxylic acids is 2. The number of carboxylic acids is 1. The maximum Gasteiger partial charge on any atom is 0.303 e. The molecule has 0 aromatic heterocycles. The minimum absolute atomic E-state index is 0.0119. The zero-order valence-electron chi connectivity index (χ0n) is 26.4. The van der Waals surface area contributed by atoms with E-state index in [4.69, 9.17) is 14.6 Å². The third-order valence-electron chi connectivity index (χ3n) is 7.52. The quantitative estimate of drug-likeness (QED) is 0.0970. The molecule has 0 aromatic carbocycles. The number of nitrogens with zero attached hydrogens (tertiary/aromatic N) is 1. The molecule has 2 fully saturated rings.